The molecule has 2 aromatic rings. The van der Waals surface area contributed by atoms with Gasteiger partial charge < -0.3 is 14.4 Å². The van der Waals surface area contributed by atoms with Gasteiger partial charge in [-0.15, -0.1) is 0 Å². The highest BCUT2D eigenvalue weighted by molar-refractivity contribution is 7.92. The Bertz CT molecular complexity index is 892. The first-order chi connectivity index (χ1) is 11.9. The molecule has 1 aliphatic rings. The molecule has 1 amide bonds. The lowest BCUT2D eigenvalue weighted by Crippen LogP contribution is -2.21. The largest absolute Gasteiger partial charge is 0.486 e. The van der Waals surface area contributed by atoms with Crippen molar-refractivity contribution in [2.24, 2.45) is 0 Å². The van der Waals surface area contributed by atoms with E-state index in [-0.39, 0.29) is 10.8 Å². The fraction of sp³-hybridized carbons (Fsp3) is 0.235. The Morgan fingerprint density at radius 2 is 1.64 bits per heavy atom. The van der Waals surface area contributed by atoms with Crippen LogP contribution in [0.2, 0.25) is 0 Å². The molecular weight excluding hydrogens is 344 g/mol. The van der Waals surface area contributed by atoms with E-state index >= 15 is 0 Å². The standard InChI is InChI=1S/C17H18N2O5S/c1-19(2)17(20)12-3-6-14(7-4-12)25(21,22)18-13-5-8-15-16(11-13)24-10-9-23-15/h3-8,11,18H,9-10H2,1-2H3. The van der Waals surface area contributed by atoms with Crippen LogP contribution < -0.4 is 14.2 Å². The van der Waals surface area contributed by atoms with Gasteiger partial charge in [0.05, 0.1) is 10.6 Å². The molecule has 0 fully saturated rings. The minimum Gasteiger partial charge on any atom is -0.486 e. The molecule has 0 atom stereocenters. The van der Waals surface area contributed by atoms with Crippen LogP contribution in [0, 0.1) is 0 Å². The summed E-state index contributed by atoms with van der Waals surface area (Å²) in [5.41, 5.74) is 0.793. The average molecular weight is 362 g/mol. The molecule has 8 heteroatoms. The summed E-state index contributed by atoms with van der Waals surface area (Å²) in [7, 11) is -0.503. The molecule has 0 aromatic heterocycles. The Balaban J connectivity index is 1.81. The molecule has 7 nitrogen and oxygen atoms in total. The lowest BCUT2D eigenvalue weighted by atomic mass is 10.2. The van der Waals surface area contributed by atoms with E-state index < -0.39 is 10.0 Å². The summed E-state index contributed by atoms with van der Waals surface area (Å²) in [5.74, 6) is 0.892. The van der Waals surface area contributed by atoms with E-state index in [1.54, 1.807) is 32.3 Å². The second-order valence-corrected chi connectivity index (χ2v) is 7.37. The van der Waals surface area contributed by atoms with E-state index in [2.05, 4.69) is 4.72 Å². The summed E-state index contributed by atoms with van der Waals surface area (Å²) >= 11 is 0. The predicted octanol–water partition coefficient (Wildman–Crippen LogP) is 1.96. The third-order valence-electron chi connectivity index (χ3n) is 3.61. The van der Waals surface area contributed by atoms with Crippen molar-refractivity contribution in [2.75, 3.05) is 32.0 Å². The van der Waals surface area contributed by atoms with E-state index in [9.17, 15) is 13.2 Å². The minimum atomic E-state index is -3.77. The van der Waals surface area contributed by atoms with Gasteiger partial charge in [-0.1, -0.05) is 0 Å². The number of nitrogens with one attached hydrogen (secondary N) is 1. The van der Waals surface area contributed by atoms with Crippen LogP contribution in [0.1, 0.15) is 10.4 Å². The molecule has 0 unspecified atom stereocenters. The highest BCUT2D eigenvalue weighted by Gasteiger charge is 2.18. The lowest BCUT2D eigenvalue weighted by molar-refractivity contribution is 0.0827. The van der Waals surface area contributed by atoms with Gasteiger partial charge in [-0.05, 0) is 36.4 Å². The maximum Gasteiger partial charge on any atom is 0.261 e. The first-order valence-corrected chi connectivity index (χ1v) is 9.09. The number of ether oxygens (including phenoxy) is 2. The van der Waals surface area contributed by atoms with E-state index in [0.29, 0.717) is 36.0 Å². The SMILES string of the molecule is CN(C)C(=O)c1ccc(S(=O)(=O)Nc2ccc3c(c2)OCCO3)cc1. The predicted molar refractivity (Wildman–Crippen MR) is 92.7 cm³/mol. The highest BCUT2D eigenvalue weighted by Crippen LogP contribution is 2.33. The summed E-state index contributed by atoms with van der Waals surface area (Å²) in [4.78, 5) is 13.4. The molecule has 1 N–H and O–H groups in total. The van der Waals surface area contributed by atoms with Crippen LogP contribution in [-0.4, -0.2) is 46.5 Å². The number of carbonyl (C=O) groups is 1. The van der Waals surface area contributed by atoms with Crippen LogP contribution in [0.25, 0.3) is 0 Å². The number of sulfonamides is 1. The number of anilines is 1. The zero-order chi connectivity index (χ0) is 18.0. The number of amides is 1. The van der Waals surface area contributed by atoms with Gasteiger partial charge in [-0.25, -0.2) is 8.42 Å². The van der Waals surface area contributed by atoms with E-state index in [0.717, 1.165) is 0 Å². The quantitative estimate of drug-likeness (QED) is 0.899. The molecule has 2 aromatic carbocycles. The van der Waals surface area contributed by atoms with Gasteiger partial charge >= 0.3 is 0 Å². The molecule has 3 rings (SSSR count). The summed E-state index contributed by atoms with van der Waals surface area (Å²) in [5, 5.41) is 0. The molecule has 0 saturated carbocycles. The zero-order valence-electron chi connectivity index (χ0n) is 13.9. The molecule has 0 saturated heterocycles. The van der Waals surface area contributed by atoms with E-state index in [1.807, 2.05) is 0 Å². The van der Waals surface area contributed by atoms with Crippen LogP contribution in [0.15, 0.2) is 47.4 Å². The van der Waals surface area contributed by atoms with Crippen LogP contribution in [0.3, 0.4) is 0 Å². The Kier molecular flexibility index (Phi) is 4.54. The van der Waals surface area contributed by atoms with Crippen molar-refractivity contribution in [3.05, 3.63) is 48.0 Å². The molecule has 1 heterocycles. The van der Waals surface area contributed by atoms with Crippen molar-refractivity contribution in [2.45, 2.75) is 4.90 Å². The first kappa shape index (κ1) is 17.1. The number of carbonyl (C=O) groups excluding carboxylic acids is 1. The number of fused-ring (bicyclic) bond motifs is 1. The van der Waals surface area contributed by atoms with Gasteiger partial charge in [-0.2, -0.15) is 0 Å². The van der Waals surface area contributed by atoms with Crippen LogP contribution in [0.4, 0.5) is 5.69 Å². The minimum absolute atomic E-state index is 0.0673. The van der Waals surface area contributed by atoms with Crippen LogP contribution >= 0.6 is 0 Å². The second kappa shape index (κ2) is 6.64. The van der Waals surface area contributed by atoms with Crippen molar-refractivity contribution in [1.82, 2.24) is 4.90 Å². The monoisotopic (exact) mass is 362 g/mol. The van der Waals surface area contributed by atoms with Gasteiger partial charge in [0, 0.05) is 25.7 Å². The average Bonchev–Trinajstić information content (AvgIpc) is 2.60. The van der Waals surface area contributed by atoms with Gasteiger partial charge in [-0.3, -0.25) is 9.52 Å². The van der Waals surface area contributed by atoms with Gasteiger partial charge in [0.1, 0.15) is 13.2 Å². The normalized spacial score (nSPS) is 13.2. The third kappa shape index (κ3) is 3.69. The van der Waals surface area contributed by atoms with Crippen molar-refractivity contribution in [3.8, 4) is 11.5 Å². The number of rotatable bonds is 4. The maximum absolute atomic E-state index is 12.5. The van der Waals surface area contributed by atoms with E-state index in [1.165, 1.54) is 29.2 Å². The molecule has 132 valence electrons. The van der Waals surface area contributed by atoms with Gasteiger partial charge in [0.2, 0.25) is 0 Å². The van der Waals surface area contributed by atoms with Crippen molar-refractivity contribution in [3.63, 3.8) is 0 Å². The summed E-state index contributed by atoms with van der Waals surface area (Å²) < 4.78 is 38.4. The summed E-state index contributed by atoms with van der Waals surface area (Å²) in [6.07, 6.45) is 0. The maximum atomic E-state index is 12.5. The Morgan fingerprint density at radius 3 is 2.28 bits per heavy atom. The molecular formula is C17H18N2O5S. The summed E-state index contributed by atoms with van der Waals surface area (Å²) in [6.45, 7) is 0.890. The Morgan fingerprint density at radius 1 is 1.00 bits per heavy atom. The fourth-order valence-electron chi connectivity index (χ4n) is 2.36. The molecule has 0 spiro atoms. The number of nitrogens with zero attached hydrogens (tertiary/aromatic N) is 1. The smallest absolute Gasteiger partial charge is 0.261 e. The molecule has 0 bridgehead atoms. The first-order valence-electron chi connectivity index (χ1n) is 7.61. The zero-order valence-corrected chi connectivity index (χ0v) is 14.7. The lowest BCUT2D eigenvalue weighted by Gasteiger charge is -2.19. The number of benzene rings is 2. The van der Waals surface area contributed by atoms with Gasteiger partial charge in [0.25, 0.3) is 15.9 Å². The number of hydrogen-bond acceptors (Lipinski definition) is 5. The van der Waals surface area contributed by atoms with Crippen LogP contribution in [0.5, 0.6) is 11.5 Å². The molecule has 0 aliphatic carbocycles. The third-order valence-corrected chi connectivity index (χ3v) is 5.01. The number of hydrogen-bond donors (Lipinski definition) is 1. The van der Waals surface area contributed by atoms with Crippen molar-refractivity contribution in [1.29, 1.82) is 0 Å². The van der Waals surface area contributed by atoms with Crippen molar-refractivity contribution >= 4 is 21.6 Å². The second-order valence-electron chi connectivity index (χ2n) is 5.69. The summed E-state index contributed by atoms with van der Waals surface area (Å²) in [6, 6.07) is 10.6. The molecule has 25 heavy (non-hydrogen) atoms. The van der Waals surface area contributed by atoms with Crippen LogP contribution in [-0.2, 0) is 10.0 Å². The van der Waals surface area contributed by atoms with Crippen molar-refractivity contribution < 1.29 is 22.7 Å². The topological polar surface area (TPSA) is 84.9 Å². The molecule has 1 aliphatic heterocycles. The fourth-order valence-corrected chi connectivity index (χ4v) is 3.41. The van der Waals surface area contributed by atoms with E-state index in [4.69, 9.17) is 9.47 Å². The Hall–Kier alpha value is -2.74. The Labute approximate surface area is 146 Å². The molecule has 0 radical (unpaired) electrons. The highest BCUT2D eigenvalue weighted by atomic mass is 32.2. The van der Waals surface area contributed by atoms with Gasteiger partial charge in [0.15, 0.2) is 11.5 Å².